The third-order valence-corrected chi connectivity index (χ3v) is 4.12. The molecule has 0 fully saturated rings. The van der Waals surface area contributed by atoms with Crippen LogP contribution in [-0.4, -0.2) is 21.4 Å². The second-order valence-electron chi connectivity index (χ2n) is 5.88. The number of rotatable bonds is 4. The standard InChI is InChI=1S/C21H20O3/c1-14(22)20(15-4-2-3-5-15)21(16-6-10-18(23)11-7-16)17-8-12-19(24)13-9-17/h2-4,6-14,22-24H,5H2,1H3. The molecule has 3 rings (SSSR count). The maximum Gasteiger partial charge on any atom is 0.115 e. The molecule has 0 radical (unpaired) electrons. The summed E-state index contributed by atoms with van der Waals surface area (Å²) in [4.78, 5) is 0. The highest BCUT2D eigenvalue weighted by Gasteiger charge is 2.20. The Morgan fingerprint density at radius 3 is 1.75 bits per heavy atom. The molecule has 0 aromatic heterocycles. The van der Waals surface area contributed by atoms with E-state index in [1.807, 2.05) is 36.4 Å². The van der Waals surface area contributed by atoms with Crippen LogP contribution in [0.3, 0.4) is 0 Å². The number of phenols is 2. The van der Waals surface area contributed by atoms with E-state index in [1.165, 1.54) is 0 Å². The van der Waals surface area contributed by atoms with Gasteiger partial charge in [-0.05, 0) is 65.5 Å². The van der Waals surface area contributed by atoms with Gasteiger partial charge in [-0.1, -0.05) is 42.5 Å². The molecule has 2 aromatic carbocycles. The lowest BCUT2D eigenvalue weighted by Gasteiger charge is -2.20. The van der Waals surface area contributed by atoms with Gasteiger partial charge >= 0.3 is 0 Å². The van der Waals surface area contributed by atoms with E-state index in [9.17, 15) is 15.3 Å². The number of aliphatic hydroxyl groups excluding tert-OH is 1. The predicted molar refractivity (Wildman–Crippen MR) is 95.8 cm³/mol. The first kappa shape index (κ1) is 16.1. The quantitative estimate of drug-likeness (QED) is 0.792. The molecule has 0 bridgehead atoms. The Hall–Kier alpha value is -2.78. The normalized spacial score (nSPS) is 14.3. The van der Waals surface area contributed by atoms with E-state index in [2.05, 4.69) is 6.08 Å². The van der Waals surface area contributed by atoms with Crippen molar-refractivity contribution in [3.8, 4) is 11.5 Å². The van der Waals surface area contributed by atoms with Crippen molar-refractivity contribution in [3.05, 3.63) is 89.0 Å². The van der Waals surface area contributed by atoms with Crippen molar-refractivity contribution in [2.45, 2.75) is 19.4 Å². The van der Waals surface area contributed by atoms with Crippen molar-refractivity contribution < 1.29 is 15.3 Å². The Morgan fingerprint density at radius 1 is 0.875 bits per heavy atom. The molecule has 0 amide bonds. The Bertz CT molecular complexity index is 760. The molecule has 3 N–H and O–H groups in total. The molecule has 122 valence electrons. The van der Waals surface area contributed by atoms with Crippen LogP contribution in [0.15, 0.2) is 77.9 Å². The summed E-state index contributed by atoms with van der Waals surface area (Å²) in [5.74, 6) is 0.397. The number of hydrogen-bond donors (Lipinski definition) is 3. The number of aliphatic hydroxyl groups is 1. The first-order valence-corrected chi connectivity index (χ1v) is 7.93. The average Bonchev–Trinajstić information content (AvgIpc) is 3.08. The van der Waals surface area contributed by atoms with Crippen molar-refractivity contribution in [2.75, 3.05) is 0 Å². The van der Waals surface area contributed by atoms with Gasteiger partial charge in [0.25, 0.3) is 0 Å². The molecule has 0 saturated carbocycles. The molecule has 0 spiro atoms. The summed E-state index contributed by atoms with van der Waals surface area (Å²) in [5, 5.41) is 29.6. The van der Waals surface area contributed by atoms with Gasteiger partial charge in [0.1, 0.15) is 11.5 Å². The van der Waals surface area contributed by atoms with Gasteiger partial charge in [0, 0.05) is 0 Å². The van der Waals surface area contributed by atoms with Crippen LogP contribution < -0.4 is 0 Å². The van der Waals surface area contributed by atoms with E-state index in [-0.39, 0.29) is 11.5 Å². The molecule has 1 aliphatic rings. The lowest BCUT2D eigenvalue weighted by Crippen LogP contribution is -2.10. The van der Waals surface area contributed by atoms with Crippen LogP contribution in [0.2, 0.25) is 0 Å². The lowest BCUT2D eigenvalue weighted by atomic mass is 9.86. The molecule has 3 heteroatoms. The highest BCUT2D eigenvalue weighted by atomic mass is 16.3. The zero-order valence-electron chi connectivity index (χ0n) is 13.5. The van der Waals surface area contributed by atoms with Crippen LogP contribution in [-0.2, 0) is 0 Å². The van der Waals surface area contributed by atoms with Crippen molar-refractivity contribution in [1.29, 1.82) is 0 Å². The molecule has 2 aromatic rings. The Balaban J connectivity index is 2.25. The molecule has 0 saturated heterocycles. The third-order valence-electron chi connectivity index (χ3n) is 4.12. The molecular formula is C21H20O3. The minimum atomic E-state index is -0.645. The number of hydrogen-bond acceptors (Lipinski definition) is 3. The molecular weight excluding hydrogens is 300 g/mol. The minimum absolute atomic E-state index is 0.198. The van der Waals surface area contributed by atoms with Crippen LogP contribution in [0, 0.1) is 0 Å². The summed E-state index contributed by atoms with van der Waals surface area (Å²) in [6.07, 6.45) is 6.20. The fourth-order valence-electron chi connectivity index (χ4n) is 3.02. The summed E-state index contributed by atoms with van der Waals surface area (Å²) < 4.78 is 0. The predicted octanol–water partition coefficient (Wildman–Crippen LogP) is 4.17. The molecule has 0 aliphatic heterocycles. The van der Waals surface area contributed by atoms with E-state index < -0.39 is 6.10 Å². The van der Waals surface area contributed by atoms with Gasteiger partial charge in [-0.15, -0.1) is 0 Å². The number of allylic oxidation sites excluding steroid dienone is 3. The van der Waals surface area contributed by atoms with Crippen molar-refractivity contribution in [3.63, 3.8) is 0 Å². The van der Waals surface area contributed by atoms with Gasteiger partial charge < -0.3 is 15.3 Å². The fourth-order valence-corrected chi connectivity index (χ4v) is 3.02. The van der Waals surface area contributed by atoms with Crippen LogP contribution in [0.4, 0.5) is 0 Å². The maximum atomic E-state index is 10.4. The Morgan fingerprint density at radius 2 is 1.38 bits per heavy atom. The van der Waals surface area contributed by atoms with Crippen LogP contribution in [0.5, 0.6) is 11.5 Å². The van der Waals surface area contributed by atoms with E-state index in [1.54, 1.807) is 31.2 Å². The zero-order valence-corrected chi connectivity index (χ0v) is 13.5. The van der Waals surface area contributed by atoms with Gasteiger partial charge in [0.2, 0.25) is 0 Å². The SMILES string of the molecule is CC(O)C(C1=CC=CC1)=C(c1ccc(O)cc1)c1ccc(O)cc1. The smallest absolute Gasteiger partial charge is 0.115 e. The monoisotopic (exact) mass is 320 g/mol. The lowest BCUT2D eigenvalue weighted by molar-refractivity contribution is 0.234. The van der Waals surface area contributed by atoms with E-state index in [0.717, 1.165) is 34.3 Å². The molecule has 0 heterocycles. The van der Waals surface area contributed by atoms with Crippen molar-refractivity contribution in [2.24, 2.45) is 0 Å². The molecule has 24 heavy (non-hydrogen) atoms. The highest BCUT2D eigenvalue weighted by molar-refractivity contribution is 5.85. The van der Waals surface area contributed by atoms with Crippen molar-refractivity contribution in [1.82, 2.24) is 0 Å². The largest absolute Gasteiger partial charge is 0.508 e. The van der Waals surface area contributed by atoms with Gasteiger partial charge in [0.15, 0.2) is 0 Å². The first-order chi connectivity index (χ1) is 11.6. The molecule has 3 nitrogen and oxygen atoms in total. The van der Waals surface area contributed by atoms with Gasteiger partial charge in [-0.2, -0.15) is 0 Å². The van der Waals surface area contributed by atoms with Crippen molar-refractivity contribution >= 4 is 5.57 Å². The molecule has 1 atom stereocenters. The van der Waals surface area contributed by atoms with E-state index in [0.29, 0.717) is 0 Å². The number of phenolic OH excluding ortho intramolecular Hbond substituents is 2. The molecule has 1 unspecified atom stereocenters. The van der Waals surface area contributed by atoms with E-state index in [4.69, 9.17) is 0 Å². The van der Waals surface area contributed by atoms with Crippen LogP contribution in [0.1, 0.15) is 24.5 Å². The van der Waals surface area contributed by atoms with E-state index >= 15 is 0 Å². The fraction of sp³-hybridized carbons (Fsp3) is 0.143. The van der Waals surface area contributed by atoms with Gasteiger partial charge in [0.05, 0.1) is 6.10 Å². The minimum Gasteiger partial charge on any atom is -0.508 e. The highest BCUT2D eigenvalue weighted by Crippen LogP contribution is 2.36. The summed E-state index contributed by atoms with van der Waals surface area (Å²) in [5.41, 5.74) is 4.64. The summed E-state index contributed by atoms with van der Waals surface area (Å²) in [6.45, 7) is 1.76. The third kappa shape index (κ3) is 3.26. The average molecular weight is 320 g/mol. The first-order valence-electron chi connectivity index (χ1n) is 7.93. The Kier molecular flexibility index (Phi) is 4.54. The van der Waals surface area contributed by atoms with Gasteiger partial charge in [-0.3, -0.25) is 0 Å². The van der Waals surface area contributed by atoms with Crippen LogP contribution in [0.25, 0.3) is 5.57 Å². The summed E-state index contributed by atoms with van der Waals surface area (Å²) in [7, 11) is 0. The maximum absolute atomic E-state index is 10.4. The summed E-state index contributed by atoms with van der Waals surface area (Å²) in [6, 6.07) is 13.9. The second-order valence-corrected chi connectivity index (χ2v) is 5.88. The second kappa shape index (κ2) is 6.77. The zero-order chi connectivity index (χ0) is 17.1. The van der Waals surface area contributed by atoms with Gasteiger partial charge in [-0.25, -0.2) is 0 Å². The Labute approximate surface area is 141 Å². The molecule has 1 aliphatic carbocycles. The summed E-state index contributed by atoms with van der Waals surface area (Å²) >= 11 is 0. The van der Waals surface area contributed by atoms with Crippen LogP contribution >= 0.6 is 0 Å². The number of aromatic hydroxyl groups is 2. The number of benzene rings is 2. The topological polar surface area (TPSA) is 60.7 Å².